The van der Waals surface area contributed by atoms with Crippen LogP contribution < -0.4 is 15.2 Å². The number of methoxy groups -OCH3 is 2. The third-order valence-electron chi connectivity index (χ3n) is 3.35. The zero-order valence-electron chi connectivity index (χ0n) is 14.8. The molecule has 2 aromatic rings. The van der Waals surface area contributed by atoms with E-state index in [4.69, 9.17) is 15.2 Å². The maximum absolute atomic E-state index is 5.69. The summed E-state index contributed by atoms with van der Waals surface area (Å²) in [4.78, 5) is 4.63. The van der Waals surface area contributed by atoms with Crippen LogP contribution in [0.2, 0.25) is 0 Å². The fourth-order valence-corrected chi connectivity index (χ4v) is 2.30. The molecule has 4 nitrogen and oxygen atoms in total. The second-order valence-corrected chi connectivity index (χ2v) is 4.64. The molecule has 0 aliphatic carbocycles. The molecule has 0 radical (unpaired) electrons. The number of benzene rings is 1. The molecule has 0 aliphatic heterocycles. The van der Waals surface area contributed by atoms with Crippen molar-refractivity contribution in [1.82, 2.24) is 4.98 Å². The van der Waals surface area contributed by atoms with Gasteiger partial charge in [-0.1, -0.05) is 26.0 Å². The quantitative estimate of drug-likeness (QED) is 0.846. The molecule has 0 unspecified atom stereocenters. The number of ether oxygens (including phenoxy) is 2. The molecule has 1 aromatic heterocycles. The summed E-state index contributed by atoms with van der Waals surface area (Å²) in [5, 5.41) is 2.08. The van der Waals surface area contributed by atoms with Gasteiger partial charge >= 0.3 is 0 Å². The first-order valence-electron chi connectivity index (χ1n) is 7.73. The Hall–Kier alpha value is -2.49. The maximum Gasteiger partial charge on any atom is 0.161 e. The van der Waals surface area contributed by atoms with Gasteiger partial charge in [0.15, 0.2) is 11.5 Å². The highest BCUT2D eigenvalue weighted by Crippen LogP contribution is 2.34. The molecule has 0 aliphatic rings. The minimum absolute atomic E-state index is 0.700. The first-order chi connectivity index (χ1) is 11.1. The lowest BCUT2D eigenvalue weighted by molar-refractivity contribution is 0.356. The van der Waals surface area contributed by atoms with Crippen molar-refractivity contribution in [3.8, 4) is 11.5 Å². The number of allylic oxidation sites excluding steroid dienone is 3. The highest BCUT2D eigenvalue weighted by Gasteiger charge is 2.10. The van der Waals surface area contributed by atoms with Gasteiger partial charge in [-0.05, 0) is 37.4 Å². The van der Waals surface area contributed by atoms with Gasteiger partial charge in [0.2, 0.25) is 0 Å². The van der Waals surface area contributed by atoms with Crippen molar-refractivity contribution in [3.05, 3.63) is 47.9 Å². The average Bonchev–Trinajstić information content (AvgIpc) is 2.60. The Balaban J connectivity index is 0.00000127. The standard InChI is InChI=1S/C17H20N2O2.C2H6/c1-5-6-12(10-18)15-7-13-8-16(20-3)17(21-4)9-14(13)11(2)19-15;1-2/h5-10H,18H2,1-4H3;1-2H3/b6-5-,12-10+;. The molecule has 0 saturated carbocycles. The van der Waals surface area contributed by atoms with E-state index < -0.39 is 0 Å². The fraction of sp³-hybridized carbons (Fsp3) is 0.316. The predicted molar refractivity (Wildman–Crippen MR) is 97.9 cm³/mol. The number of nitrogens with zero attached hydrogens (tertiary/aromatic N) is 1. The first kappa shape index (κ1) is 18.6. The molecule has 2 N–H and O–H groups in total. The Morgan fingerprint density at radius 3 is 2.22 bits per heavy atom. The third kappa shape index (κ3) is 4.03. The summed E-state index contributed by atoms with van der Waals surface area (Å²) < 4.78 is 10.7. The molecule has 4 heteroatoms. The Kier molecular flexibility index (Phi) is 7.13. The van der Waals surface area contributed by atoms with Crippen molar-refractivity contribution in [1.29, 1.82) is 0 Å². The monoisotopic (exact) mass is 314 g/mol. The van der Waals surface area contributed by atoms with Crippen LogP contribution in [0.1, 0.15) is 32.2 Å². The van der Waals surface area contributed by atoms with E-state index >= 15 is 0 Å². The highest BCUT2D eigenvalue weighted by molar-refractivity contribution is 5.90. The van der Waals surface area contributed by atoms with Crippen LogP contribution in [0.25, 0.3) is 16.3 Å². The van der Waals surface area contributed by atoms with Crippen molar-refractivity contribution in [2.24, 2.45) is 5.73 Å². The van der Waals surface area contributed by atoms with Crippen molar-refractivity contribution in [2.45, 2.75) is 27.7 Å². The molecule has 0 fully saturated rings. The van der Waals surface area contributed by atoms with Crippen LogP contribution >= 0.6 is 0 Å². The summed E-state index contributed by atoms with van der Waals surface area (Å²) in [7, 11) is 3.26. The minimum Gasteiger partial charge on any atom is -0.493 e. The molecule has 0 spiro atoms. The van der Waals surface area contributed by atoms with Crippen LogP contribution in [-0.2, 0) is 0 Å². The fourth-order valence-electron chi connectivity index (χ4n) is 2.30. The summed E-state index contributed by atoms with van der Waals surface area (Å²) in [6.07, 6.45) is 5.44. The number of aromatic nitrogens is 1. The lowest BCUT2D eigenvalue weighted by atomic mass is 10.0. The molecule has 0 atom stereocenters. The van der Waals surface area contributed by atoms with Crippen molar-refractivity contribution >= 4 is 16.3 Å². The van der Waals surface area contributed by atoms with E-state index in [1.54, 1.807) is 20.4 Å². The Labute approximate surface area is 138 Å². The van der Waals surface area contributed by atoms with Gasteiger partial charge in [-0.2, -0.15) is 0 Å². The largest absolute Gasteiger partial charge is 0.493 e. The smallest absolute Gasteiger partial charge is 0.161 e. The van der Waals surface area contributed by atoms with Gasteiger partial charge < -0.3 is 15.2 Å². The Bertz CT molecular complexity index is 719. The molecular weight excluding hydrogens is 288 g/mol. The van der Waals surface area contributed by atoms with Crippen molar-refractivity contribution < 1.29 is 9.47 Å². The third-order valence-corrected chi connectivity index (χ3v) is 3.35. The molecule has 23 heavy (non-hydrogen) atoms. The number of aryl methyl sites for hydroxylation is 1. The van der Waals surface area contributed by atoms with E-state index in [0.717, 1.165) is 27.7 Å². The van der Waals surface area contributed by atoms with E-state index in [1.165, 1.54) is 0 Å². The minimum atomic E-state index is 0.700. The molecule has 1 aromatic carbocycles. The second-order valence-electron chi connectivity index (χ2n) is 4.64. The molecule has 0 bridgehead atoms. The summed E-state index contributed by atoms with van der Waals surface area (Å²) >= 11 is 0. The normalized spacial score (nSPS) is 11.3. The van der Waals surface area contributed by atoms with Crippen molar-refractivity contribution in [3.63, 3.8) is 0 Å². The summed E-state index contributed by atoms with van der Waals surface area (Å²) in [5.41, 5.74) is 8.34. The average molecular weight is 314 g/mol. The summed E-state index contributed by atoms with van der Waals surface area (Å²) in [5.74, 6) is 1.40. The van der Waals surface area contributed by atoms with Gasteiger partial charge in [0.25, 0.3) is 0 Å². The van der Waals surface area contributed by atoms with Gasteiger partial charge in [-0.15, -0.1) is 0 Å². The van der Waals surface area contributed by atoms with Gasteiger partial charge in [0.1, 0.15) is 0 Å². The molecule has 0 saturated heterocycles. The zero-order valence-corrected chi connectivity index (χ0v) is 14.8. The number of rotatable bonds is 4. The summed E-state index contributed by atoms with van der Waals surface area (Å²) in [6, 6.07) is 5.90. The van der Waals surface area contributed by atoms with Gasteiger partial charge in [-0.3, -0.25) is 4.98 Å². The molecule has 1 heterocycles. The number of pyridine rings is 1. The highest BCUT2D eigenvalue weighted by atomic mass is 16.5. The number of hydrogen-bond acceptors (Lipinski definition) is 4. The molecule has 2 rings (SSSR count). The SMILES string of the molecule is C/C=C\C(=C/N)c1cc2cc(OC)c(OC)cc2c(C)n1.CC. The zero-order chi connectivity index (χ0) is 17.4. The van der Waals surface area contributed by atoms with E-state index in [1.807, 2.05) is 58.0 Å². The maximum atomic E-state index is 5.69. The second kappa shape index (κ2) is 8.83. The van der Waals surface area contributed by atoms with Gasteiger partial charge in [0, 0.05) is 22.9 Å². The van der Waals surface area contributed by atoms with Gasteiger partial charge in [0.05, 0.1) is 19.9 Å². The molecule has 0 amide bonds. The molecular formula is C19H26N2O2. The van der Waals surface area contributed by atoms with E-state index in [-0.39, 0.29) is 0 Å². The number of hydrogen-bond donors (Lipinski definition) is 1. The first-order valence-corrected chi connectivity index (χ1v) is 7.73. The predicted octanol–water partition coefficient (Wildman–Crippen LogP) is 4.46. The Morgan fingerprint density at radius 1 is 1.09 bits per heavy atom. The number of fused-ring (bicyclic) bond motifs is 1. The van der Waals surface area contributed by atoms with E-state index in [9.17, 15) is 0 Å². The van der Waals surface area contributed by atoms with Crippen LogP contribution in [0, 0.1) is 6.92 Å². The topological polar surface area (TPSA) is 57.4 Å². The number of nitrogens with two attached hydrogens (primary N) is 1. The van der Waals surface area contributed by atoms with Gasteiger partial charge in [-0.25, -0.2) is 0 Å². The van der Waals surface area contributed by atoms with Crippen LogP contribution in [0.4, 0.5) is 0 Å². The summed E-state index contributed by atoms with van der Waals surface area (Å²) in [6.45, 7) is 7.92. The molecule has 124 valence electrons. The van der Waals surface area contributed by atoms with Crippen LogP contribution in [0.3, 0.4) is 0 Å². The van der Waals surface area contributed by atoms with Crippen molar-refractivity contribution in [2.75, 3.05) is 14.2 Å². The lowest BCUT2D eigenvalue weighted by Crippen LogP contribution is -1.96. The Morgan fingerprint density at radius 2 is 1.70 bits per heavy atom. The van der Waals surface area contributed by atoms with E-state index in [0.29, 0.717) is 11.5 Å². The van der Waals surface area contributed by atoms with Crippen LogP contribution in [0.15, 0.2) is 36.6 Å². The van der Waals surface area contributed by atoms with E-state index in [2.05, 4.69) is 4.98 Å². The lowest BCUT2D eigenvalue weighted by Gasteiger charge is -2.12. The van der Waals surface area contributed by atoms with Crippen LogP contribution in [0.5, 0.6) is 11.5 Å². The van der Waals surface area contributed by atoms with Crippen LogP contribution in [-0.4, -0.2) is 19.2 Å².